The molecule has 0 saturated heterocycles. The summed E-state index contributed by atoms with van der Waals surface area (Å²) in [5, 5.41) is 21.5. The molecule has 1 N–H and O–H groups in total. The number of nitrogens with zero attached hydrogens (tertiary/aromatic N) is 4. The van der Waals surface area contributed by atoms with Gasteiger partial charge in [0.15, 0.2) is 11.0 Å². The summed E-state index contributed by atoms with van der Waals surface area (Å²) in [6, 6.07) is 14.6. The van der Waals surface area contributed by atoms with Crippen LogP contribution in [-0.4, -0.2) is 26.4 Å². The van der Waals surface area contributed by atoms with Gasteiger partial charge >= 0.3 is 0 Å². The number of halogens is 2. The molecular weight excluding hydrogens is 462 g/mol. The molecule has 0 spiro atoms. The highest BCUT2D eigenvalue weighted by molar-refractivity contribution is 9.10. The van der Waals surface area contributed by atoms with Crippen molar-refractivity contribution in [1.29, 1.82) is 5.26 Å². The first-order valence-corrected chi connectivity index (χ1v) is 10.5. The molecule has 9 heteroatoms. The van der Waals surface area contributed by atoms with Crippen LogP contribution in [0.2, 0.25) is 5.02 Å². The van der Waals surface area contributed by atoms with E-state index in [2.05, 4.69) is 31.4 Å². The Hall–Kier alpha value is -2.34. The van der Waals surface area contributed by atoms with Gasteiger partial charge in [0.2, 0.25) is 5.91 Å². The zero-order valence-electron chi connectivity index (χ0n) is 14.8. The molecule has 0 radical (unpaired) electrons. The molecule has 0 bridgehead atoms. The van der Waals surface area contributed by atoms with Crippen LogP contribution in [0, 0.1) is 11.3 Å². The highest BCUT2D eigenvalue weighted by Gasteiger charge is 2.15. The van der Waals surface area contributed by atoms with Crippen LogP contribution in [0.15, 0.2) is 52.1 Å². The second-order valence-electron chi connectivity index (χ2n) is 5.70. The van der Waals surface area contributed by atoms with Gasteiger partial charge < -0.3 is 9.88 Å². The number of benzene rings is 2. The standard InChI is InChI=1S/C19H15BrClN5OS/c1-2-26-18(12-3-6-14(20)7-4-12)24-25-19(26)28-11-17(27)23-16-9-15(21)8-5-13(16)10-22/h3-9H,2,11H2,1H3,(H,23,27). The second kappa shape index (κ2) is 9.24. The molecule has 6 nitrogen and oxygen atoms in total. The summed E-state index contributed by atoms with van der Waals surface area (Å²) in [5.41, 5.74) is 1.71. The molecule has 2 aromatic carbocycles. The molecule has 142 valence electrons. The van der Waals surface area contributed by atoms with E-state index < -0.39 is 0 Å². The Bertz CT molecular complexity index is 1050. The Kier molecular flexibility index (Phi) is 6.73. The lowest BCUT2D eigenvalue weighted by molar-refractivity contribution is -0.113. The van der Waals surface area contributed by atoms with Crippen molar-refractivity contribution in [2.24, 2.45) is 0 Å². The van der Waals surface area contributed by atoms with E-state index in [-0.39, 0.29) is 11.7 Å². The molecule has 0 saturated carbocycles. The molecule has 1 aromatic heterocycles. The maximum atomic E-state index is 12.3. The zero-order chi connectivity index (χ0) is 20.1. The van der Waals surface area contributed by atoms with Crippen LogP contribution < -0.4 is 5.32 Å². The van der Waals surface area contributed by atoms with Crippen LogP contribution in [0.5, 0.6) is 0 Å². The SMILES string of the molecule is CCn1c(SCC(=O)Nc2cc(Cl)ccc2C#N)nnc1-c1ccc(Br)cc1. The third-order valence-corrected chi connectivity index (χ3v) is 5.57. The number of carbonyl (C=O) groups excluding carboxylic acids is 1. The molecule has 1 amide bonds. The first-order valence-electron chi connectivity index (χ1n) is 8.33. The van der Waals surface area contributed by atoms with Gasteiger partial charge in [0.05, 0.1) is 17.0 Å². The number of nitrogens with one attached hydrogen (secondary N) is 1. The molecule has 0 aliphatic carbocycles. The van der Waals surface area contributed by atoms with Crippen molar-refractivity contribution in [1.82, 2.24) is 14.8 Å². The maximum Gasteiger partial charge on any atom is 0.234 e. The Morgan fingerprint density at radius 2 is 2.04 bits per heavy atom. The van der Waals surface area contributed by atoms with Crippen LogP contribution >= 0.6 is 39.3 Å². The van der Waals surface area contributed by atoms with Gasteiger partial charge in [0.1, 0.15) is 6.07 Å². The van der Waals surface area contributed by atoms with Gasteiger partial charge in [-0.3, -0.25) is 4.79 Å². The molecule has 0 aliphatic rings. The van der Waals surface area contributed by atoms with Gasteiger partial charge in [-0.15, -0.1) is 10.2 Å². The van der Waals surface area contributed by atoms with Gasteiger partial charge in [-0.2, -0.15) is 5.26 Å². The Morgan fingerprint density at radius 1 is 1.29 bits per heavy atom. The summed E-state index contributed by atoms with van der Waals surface area (Å²) in [6.45, 7) is 2.68. The molecular formula is C19H15BrClN5OS. The van der Waals surface area contributed by atoms with Gasteiger partial charge in [0, 0.05) is 21.6 Å². The highest BCUT2D eigenvalue weighted by Crippen LogP contribution is 2.26. The molecule has 3 aromatic rings. The number of anilines is 1. The van der Waals surface area contributed by atoms with Crippen molar-refractivity contribution >= 4 is 50.9 Å². The number of amides is 1. The Labute approximate surface area is 180 Å². The minimum atomic E-state index is -0.250. The second-order valence-corrected chi connectivity index (χ2v) is 7.99. The summed E-state index contributed by atoms with van der Waals surface area (Å²) in [5.74, 6) is 0.634. The third kappa shape index (κ3) is 4.73. The van der Waals surface area contributed by atoms with Crippen LogP contribution in [0.3, 0.4) is 0 Å². The number of thioether (sulfide) groups is 1. The van der Waals surface area contributed by atoms with Crippen LogP contribution in [0.25, 0.3) is 11.4 Å². The number of hydrogen-bond acceptors (Lipinski definition) is 5. The fraction of sp³-hybridized carbons (Fsp3) is 0.158. The lowest BCUT2D eigenvalue weighted by Crippen LogP contribution is -2.15. The lowest BCUT2D eigenvalue weighted by Gasteiger charge is -2.09. The van der Waals surface area contributed by atoms with Crippen molar-refractivity contribution in [3.8, 4) is 17.5 Å². The molecule has 0 atom stereocenters. The van der Waals surface area contributed by atoms with Crippen LogP contribution in [0.1, 0.15) is 12.5 Å². The van der Waals surface area contributed by atoms with Crippen molar-refractivity contribution in [3.63, 3.8) is 0 Å². The van der Waals surface area contributed by atoms with E-state index in [1.54, 1.807) is 18.2 Å². The predicted octanol–water partition coefficient (Wildman–Crippen LogP) is 4.98. The molecule has 28 heavy (non-hydrogen) atoms. The average molecular weight is 477 g/mol. The normalized spacial score (nSPS) is 10.5. The lowest BCUT2D eigenvalue weighted by atomic mass is 10.2. The maximum absolute atomic E-state index is 12.3. The minimum Gasteiger partial charge on any atom is -0.324 e. The van der Waals surface area contributed by atoms with Crippen molar-refractivity contribution in [2.45, 2.75) is 18.6 Å². The minimum absolute atomic E-state index is 0.135. The molecule has 0 aliphatic heterocycles. The van der Waals surface area contributed by atoms with Gasteiger partial charge in [-0.25, -0.2) is 0 Å². The quantitative estimate of drug-likeness (QED) is 0.507. The first-order chi connectivity index (χ1) is 13.5. The van der Waals surface area contributed by atoms with E-state index in [4.69, 9.17) is 16.9 Å². The summed E-state index contributed by atoms with van der Waals surface area (Å²) >= 11 is 10.7. The fourth-order valence-electron chi connectivity index (χ4n) is 2.53. The molecule has 3 rings (SSSR count). The van der Waals surface area contributed by atoms with Gasteiger partial charge in [-0.1, -0.05) is 51.4 Å². The molecule has 0 unspecified atom stereocenters. The van der Waals surface area contributed by atoms with E-state index >= 15 is 0 Å². The van der Waals surface area contributed by atoms with E-state index in [1.165, 1.54) is 11.8 Å². The number of nitriles is 1. The van der Waals surface area contributed by atoms with Gasteiger partial charge in [0.25, 0.3) is 0 Å². The van der Waals surface area contributed by atoms with Crippen molar-refractivity contribution < 1.29 is 4.79 Å². The number of aromatic nitrogens is 3. The largest absolute Gasteiger partial charge is 0.324 e. The third-order valence-electron chi connectivity index (χ3n) is 3.84. The topological polar surface area (TPSA) is 83.6 Å². The summed E-state index contributed by atoms with van der Waals surface area (Å²) in [4.78, 5) is 12.3. The molecule has 1 heterocycles. The Balaban J connectivity index is 1.71. The average Bonchev–Trinajstić information content (AvgIpc) is 3.10. The smallest absolute Gasteiger partial charge is 0.234 e. The summed E-state index contributed by atoms with van der Waals surface area (Å²) in [7, 11) is 0. The number of hydrogen-bond donors (Lipinski definition) is 1. The fourth-order valence-corrected chi connectivity index (χ4v) is 3.77. The van der Waals surface area contributed by atoms with Crippen molar-refractivity contribution in [3.05, 3.63) is 57.5 Å². The van der Waals surface area contributed by atoms with E-state index in [9.17, 15) is 4.79 Å². The number of carbonyl (C=O) groups is 1. The zero-order valence-corrected chi connectivity index (χ0v) is 18.0. The predicted molar refractivity (Wildman–Crippen MR) is 114 cm³/mol. The molecule has 0 fully saturated rings. The van der Waals surface area contributed by atoms with E-state index in [1.807, 2.05) is 41.8 Å². The van der Waals surface area contributed by atoms with E-state index in [0.717, 1.165) is 15.9 Å². The van der Waals surface area contributed by atoms with Crippen LogP contribution in [-0.2, 0) is 11.3 Å². The van der Waals surface area contributed by atoms with Crippen LogP contribution in [0.4, 0.5) is 5.69 Å². The highest BCUT2D eigenvalue weighted by atomic mass is 79.9. The van der Waals surface area contributed by atoms with Gasteiger partial charge in [-0.05, 0) is 37.3 Å². The van der Waals surface area contributed by atoms with E-state index in [0.29, 0.717) is 28.0 Å². The van der Waals surface area contributed by atoms with Crippen molar-refractivity contribution in [2.75, 3.05) is 11.1 Å². The summed E-state index contributed by atoms with van der Waals surface area (Å²) in [6.07, 6.45) is 0. The first kappa shape index (κ1) is 20.4. The Morgan fingerprint density at radius 3 is 2.71 bits per heavy atom. The monoisotopic (exact) mass is 475 g/mol. The number of rotatable bonds is 6. The summed E-state index contributed by atoms with van der Waals surface area (Å²) < 4.78 is 2.95.